The van der Waals surface area contributed by atoms with Gasteiger partial charge in [-0.25, -0.2) is 0 Å². The summed E-state index contributed by atoms with van der Waals surface area (Å²) in [6.07, 6.45) is 0.536. The van der Waals surface area contributed by atoms with E-state index in [0.717, 1.165) is 11.4 Å². The van der Waals surface area contributed by atoms with Crippen LogP contribution in [-0.4, -0.2) is 23.3 Å². The lowest BCUT2D eigenvalue weighted by Crippen LogP contribution is -2.24. The van der Waals surface area contributed by atoms with E-state index in [1.807, 2.05) is 17.0 Å². The summed E-state index contributed by atoms with van der Waals surface area (Å²) in [7, 11) is 0. The van der Waals surface area contributed by atoms with Crippen molar-refractivity contribution < 1.29 is 14.3 Å². The molecular weight excluding hydrogens is 274 g/mol. The molecule has 1 aromatic rings. The van der Waals surface area contributed by atoms with Crippen molar-refractivity contribution in [2.75, 3.05) is 17.2 Å². The fourth-order valence-corrected chi connectivity index (χ4v) is 3.40. The van der Waals surface area contributed by atoms with Gasteiger partial charge in [0.25, 0.3) is 0 Å². The number of carbonyl (C=O) groups excluding carboxylic acids is 2. The molecule has 0 radical (unpaired) electrons. The van der Waals surface area contributed by atoms with Crippen LogP contribution in [0.15, 0.2) is 18.2 Å². The minimum absolute atomic E-state index is 0.116. The number of benzene rings is 1. The van der Waals surface area contributed by atoms with Crippen LogP contribution in [0.1, 0.15) is 24.5 Å². The molecule has 106 valence electrons. The standard InChI is InChI=1S/C15H17NO3S/c1-10(17)20-9-11-4-15(18)16(6-11)14-3-2-12-7-19-8-13(12)5-14/h2-3,5,11H,4,6-9H2,1H3. The summed E-state index contributed by atoms with van der Waals surface area (Å²) in [5, 5.41) is 0.116. The van der Waals surface area contributed by atoms with E-state index >= 15 is 0 Å². The molecule has 3 rings (SSSR count). The van der Waals surface area contributed by atoms with Crippen LogP contribution in [0.5, 0.6) is 0 Å². The maximum Gasteiger partial charge on any atom is 0.227 e. The van der Waals surface area contributed by atoms with Crippen LogP contribution in [0.3, 0.4) is 0 Å². The number of nitrogens with zero attached hydrogens (tertiary/aromatic N) is 1. The molecule has 0 bridgehead atoms. The average molecular weight is 291 g/mol. The van der Waals surface area contributed by atoms with Crippen LogP contribution in [0.4, 0.5) is 5.69 Å². The number of hydrogen-bond acceptors (Lipinski definition) is 4. The first-order valence-electron chi connectivity index (χ1n) is 6.77. The molecule has 4 nitrogen and oxygen atoms in total. The van der Waals surface area contributed by atoms with Crippen LogP contribution in [0.2, 0.25) is 0 Å². The van der Waals surface area contributed by atoms with Crippen LogP contribution in [0, 0.1) is 5.92 Å². The van der Waals surface area contributed by atoms with Crippen LogP contribution in [-0.2, 0) is 27.5 Å². The number of hydrogen-bond donors (Lipinski definition) is 0. The number of carbonyl (C=O) groups is 2. The highest BCUT2D eigenvalue weighted by molar-refractivity contribution is 8.13. The Kier molecular flexibility index (Phi) is 3.81. The summed E-state index contributed by atoms with van der Waals surface area (Å²) in [6.45, 7) is 3.58. The van der Waals surface area contributed by atoms with E-state index in [9.17, 15) is 9.59 Å². The molecule has 2 aliphatic heterocycles. The summed E-state index contributed by atoms with van der Waals surface area (Å²) in [4.78, 5) is 25.0. The molecular formula is C15H17NO3S. The van der Waals surface area contributed by atoms with Crippen LogP contribution < -0.4 is 4.90 Å². The Hall–Kier alpha value is -1.33. The third-order valence-corrected chi connectivity index (χ3v) is 4.79. The summed E-state index contributed by atoms with van der Waals surface area (Å²) in [5.74, 6) is 1.14. The molecule has 2 aliphatic rings. The molecule has 0 N–H and O–H groups in total. The topological polar surface area (TPSA) is 46.6 Å². The SMILES string of the molecule is CC(=O)SCC1CC(=O)N(c2ccc3c(c2)COC3)C1. The molecule has 2 heterocycles. The number of anilines is 1. The van der Waals surface area contributed by atoms with Crippen molar-refractivity contribution in [1.82, 2.24) is 0 Å². The van der Waals surface area contributed by atoms with Gasteiger partial charge in [-0.15, -0.1) is 0 Å². The van der Waals surface area contributed by atoms with Crippen molar-refractivity contribution in [3.05, 3.63) is 29.3 Å². The van der Waals surface area contributed by atoms with Crippen molar-refractivity contribution in [1.29, 1.82) is 0 Å². The summed E-state index contributed by atoms with van der Waals surface area (Å²) in [5.41, 5.74) is 3.34. The highest BCUT2D eigenvalue weighted by atomic mass is 32.2. The van der Waals surface area contributed by atoms with E-state index in [-0.39, 0.29) is 16.9 Å². The third-order valence-electron chi connectivity index (χ3n) is 3.74. The molecule has 1 fully saturated rings. The van der Waals surface area contributed by atoms with Gasteiger partial charge in [-0.05, 0) is 29.2 Å². The first-order valence-corrected chi connectivity index (χ1v) is 7.75. The van der Waals surface area contributed by atoms with Gasteiger partial charge in [0.2, 0.25) is 5.91 Å². The van der Waals surface area contributed by atoms with Gasteiger partial charge in [-0.2, -0.15) is 0 Å². The maximum atomic E-state index is 12.1. The molecule has 1 amide bonds. The molecule has 1 saturated heterocycles. The zero-order chi connectivity index (χ0) is 14.1. The zero-order valence-corrected chi connectivity index (χ0v) is 12.2. The maximum absolute atomic E-state index is 12.1. The smallest absolute Gasteiger partial charge is 0.227 e. The lowest BCUT2D eigenvalue weighted by molar-refractivity contribution is -0.117. The fourth-order valence-electron chi connectivity index (χ4n) is 2.70. The molecule has 1 unspecified atom stereocenters. The van der Waals surface area contributed by atoms with Crippen LogP contribution in [0.25, 0.3) is 0 Å². The van der Waals surface area contributed by atoms with Crippen molar-refractivity contribution >= 4 is 28.5 Å². The molecule has 0 aromatic heterocycles. The van der Waals surface area contributed by atoms with Gasteiger partial charge in [-0.1, -0.05) is 17.8 Å². The molecule has 0 spiro atoms. The number of amides is 1. The minimum Gasteiger partial charge on any atom is -0.372 e. The normalized spacial score (nSPS) is 21.4. The van der Waals surface area contributed by atoms with Crippen molar-refractivity contribution in [2.45, 2.75) is 26.6 Å². The average Bonchev–Trinajstić information content (AvgIpc) is 3.01. The van der Waals surface area contributed by atoms with Gasteiger partial charge in [0.05, 0.1) is 13.2 Å². The second kappa shape index (κ2) is 5.58. The van der Waals surface area contributed by atoms with E-state index in [0.29, 0.717) is 26.2 Å². The summed E-state index contributed by atoms with van der Waals surface area (Å²) >= 11 is 1.31. The van der Waals surface area contributed by atoms with Gasteiger partial charge in [0, 0.05) is 31.3 Å². The minimum atomic E-state index is 0.116. The molecule has 1 atom stereocenters. The lowest BCUT2D eigenvalue weighted by Gasteiger charge is -2.17. The molecule has 1 aromatic carbocycles. The largest absolute Gasteiger partial charge is 0.372 e. The lowest BCUT2D eigenvalue weighted by atomic mass is 10.1. The van der Waals surface area contributed by atoms with Crippen molar-refractivity contribution in [3.63, 3.8) is 0 Å². The summed E-state index contributed by atoms with van der Waals surface area (Å²) in [6, 6.07) is 6.09. The molecule has 5 heteroatoms. The van der Waals surface area contributed by atoms with E-state index in [4.69, 9.17) is 4.74 Å². The Morgan fingerprint density at radius 1 is 1.40 bits per heavy atom. The van der Waals surface area contributed by atoms with Gasteiger partial charge in [0.1, 0.15) is 0 Å². The summed E-state index contributed by atoms with van der Waals surface area (Å²) < 4.78 is 5.40. The van der Waals surface area contributed by atoms with Gasteiger partial charge in [-0.3, -0.25) is 9.59 Å². The molecule has 20 heavy (non-hydrogen) atoms. The van der Waals surface area contributed by atoms with E-state index in [1.165, 1.54) is 22.9 Å². The number of ether oxygens (including phenoxy) is 1. The predicted octanol–water partition coefficient (Wildman–Crippen LogP) is 2.35. The van der Waals surface area contributed by atoms with E-state index < -0.39 is 0 Å². The molecule has 0 aliphatic carbocycles. The van der Waals surface area contributed by atoms with Gasteiger partial charge >= 0.3 is 0 Å². The first-order chi connectivity index (χ1) is 9.63. The Morgan fingerprint density at radius 2 is 2.20 bits per heavy atom. The molecule has 0 saturated carbocycles. The Morgan fingerprint density at radius 3 is 3.00 bits per heavy atom. The van der Waals surface area contributed by atoms with Crippen molar-refractivity contribution in [2.24, 2.45) is 5.92 Å². The Labute approximate surface area is 122 Å². The third kappa shape index (κ3) is 2.74. The number of fused-ring (bicyclic) bond motifs is 1. The fraction of sp³-hybridized carbons (Fsp3) is 0.467. The monoisotopic (exact) mass is 291 g/mol. The Balaban J connectivity index is 1.71. The first kappa shape index (κ1) is 13.6. The highest BCUT2D eigenvalue weighted by Gasteiger charge is 2.31. The second-order valence-electron chi connectivity index (χ2n) is 5.32. The van der Waals surface area contributed by atoms with Gasteiger partial charge in [0.15, 0.2) is 5.12 Å². The van der Waals surface area contributed by atoms with Gasteiger partial charge < -0.3 is 9.64 Å². The zero-order valence-electron chi connectivity index (χ0n) is 11.4. The number of thioether (sulfide) groups is 1. The van der Waals surface area contributed by atoms with E-state index in [1.54, 1.807) is 6.92 Å². The van der Waals surface area contributed by atoms with Crippen molar-refractivity contribution in [3.8, 4) is 0 Å². The highest BCUT2D eigenvalue weighted by Crippen LogP contribution is 2.30. The predicted molar refractivity (Wildman–Crippen MR) is 78.5 cm³/mol. The second-order valence-corrected chi connectivity index (χ2v) is 6.52. The number of rotatable bonds is 3. The Bertz CT molecular complexity index is 558. The quantitative estimate of drug-likeness (QED) is 0.857. The van der Waals surface area contributed by atoms with E-state index in [2.05, 4.69) is 6.07 Å². The van der Waals surface area contributed by atoms with Crippen LogP contribution >= 0.6 is 11.8 Å².